The molecule has 1 rings (SSSR count). The predicted octanol–water partition coefficient (Wildman–Crippen LogP) is 3.67. The number of rotatable bonds is 4. The van der Waals surface area contributed by atoms with E-state index in [1.165, 1.54) is 17.3 Å². The Morgan fingerprint density at radius 3 is 2.36 bits per heavy atom. The highest BCUT2D eigenvalue weighted by atomic mass is 35.5. The first-order valence-electron chi connectivity index (χ1n) is 4.50. The van der Waals surface area contributed by atoms with Crippen molar-refractivity contribution in [2.75, 3.05) is 5.75 Å². The summed E-state index contributed by atoms with van der Waals surface area (Å²) in [6, 6.07) is 8.23. The van der Waals surface area contributed by atoms with Crippen LogP contribution >= 0.6 is 23.4 Å². The largest absolute Gasteiger partial charge is 0.280 e. The third-order valence-corrected chi connectivity index (χ3v) is 3.20. The highest BCUT2D eigenvalue weighted by Crippen LogP contribution is 2.21. The average Bonchev–Trinajstić information content (AvgIpc) is 2.15. The van der Waals surface area contributed by atoms with Gasteiger partial charge in [0.2, 0.25) is 5.24 Å². The van der Waals surface area contributed by atoms with Crippen LogP contribution in [0.5, 0.6) is 0 Å². The molecule has 0 aromatic heterocycles. The van der Waals surface area contributed by atoms with Gasteiger partial charge in [0.15, 0.2) is 0 Å². The summed E-state index contributed by atoms with van der Waals surface area (Å²) in [7, 11) is 0. The van der Waals surface area contributed by atoms with Crippen LogP contribution in [-0.4, -0.2) is 11.0 Å². The second-order valence-electron chi connectivity index (χ2n) is 3.37. The zero-order valence-corrected chi connectivity index (χ0v) is 9.86. The Kier molecular flexibility index (Phi) is 4.49. The molecule has 1 aromatic rings. The lowest BCUT2D eigenvalue weighted by atomic mass is 10.0. The molecule has 0 aliphatic heterocycles. The second-order valence-corrected chi connectivity index (χ2v) is 4.84. The topological polar surface area (TPSA) is 17.1 Å². The van der Waals surface area contributed by atoms with Crippen LogP contribution in [0.25, 0.3) is 0 Å². The summed E-state index contributed by atoms with van der Waals surface area (Å²) in [5.74, 6) is 0.881. The molecule has 76 valence electrons. The minimum absolute atomic E-state index is 0.303. The molecular weight excluding hydrogens is 216 g/mol. The van der Waals surface area contributed by atoms with Gasteiger partial charge in [0, 0.05) is 4.90 Å². The smallest absolute Gasteiger partial charge is 0.231 e. The lowest BCUT2D eigenvalue weighted by Crippen LogP contribution is -1.90. The summed E-state index contributed by atoms with van der Waals surface area (Å²) in [5.41, 5.74) is 1.31. The van der Waals surface area contributed by atoms with Crippen LogP contribution in [0.2, 0.25) is 0 Å². The van der Waals surface area contributed by atoms with Gasteiger partial charge in [-0.2, -0.15) is 0 Å². The first-order chi connectivity index (χ1) is 6.59. The molecule has 0 atom stereocenters. The van der Waals surface area contributed by atoms with Crippen LogP contribution in [0.1, 0.15) is 25.3 Å². The molecule has 0 N–H and O–H groups in total. The van der Waals surface area contributed by atoms with Gasteiger partial charge in [0.05, 0.1) is 5.75 Å². The third kappa shape index (κ3) is 3.72. The van der Waals surface area contributed by atoms with Crippen molar-refractivity contribution in [3.63, 3.8) is 0 Å². The lowest BCUT2D eigenvalue weighted by Gasteiger charge is -2.05. The third-order valence-electron chi connectivity index (χ3n) is 1.90. The molecular formula is C11H13ClOS. The van der Waals surface area contributed by atoms with E-state index in [2.05, 4.69) is 26.0 Å². The molecule has 0 radical (unpaired) electrons. The van der Waals surface area contributed by atoms with Gasteiger partial charge in [-0.15, -0.1) is 11.8 Å². The number of hydrogen-bond acceptors (Lipinski definition) is 2. The van der Waals surface area contributed by atoms with Crippen LogP contribution in [0.4, 0.5) is 0 Å². The van der Waals surface area contributed by atoms with Crippen molar-refractivity contribution in [3.05, 3.63) is 29.8 Å². The fourth-order valence-electron chi connectivity index (χ4n) is 1.09. The number of thioether (sulfide) groups is 1. The predicted molar refractivity (Wildman–Crippen MR) is 62.1 cm³/mol. The van der Waals surface area contributed by atoms with Crippen LogP contribution in [0.3, 0.4) is 0 Å². The van der Waals surface area contributed by atoms with E-state index in [1.54, 1.807) is 0 Å². The minimum Gasteiger partial charge on any atom is -0.280 e. The SMILES string of the molecule is CC(C)c1ccc(SCC(=O)Cl)cc1. The Labute approximate surface area is 93.8 Å². The quantitative estimate of drug-likeness (QED) is 0.578. The molecule has 0 aliphatic carbocycles. The van der Waals surface area contributed by atoms with Gasteiger partial charge in [0.25, 0.3) is 0 Å². The highest BCUT2D eigenvalue weighted by Gasteiger charge is 2.01. The number of carbonyl (C=O) groups excluding carboxylic acids is 1. The standard InChI is InChI=1S/C11H13ClOS/c1-8(2)9-3-5-10(6-4-9)14-7-11(12)13/h3-6,8H,7H2,1-2H3. The monoisotopic (exact) mass is 228 g/mol. The lowest BCUT2D eigenvalue weighted by molar-refractivity contribution is -0.109. The first kappa shape index (κ1) is 11.6. The second kappa shape index (κ2) is 5.42. The molecule has 0 saturated heterocycles. The van der Waals surface area contributed by atoms with E-state index in [9.17, 15) is 4.79 Å². The van der Waals surface area contributed by atoms with Crippen LogP contribution < -0.4 is 0 Å². The van der Waals surface area contributed by atoms with Crippen molar-refractivity contribution in [2.45, 2.75) is 24.7 Å². The molecule has 0 saturated carbocycles. The molecule has 14 heavy (non-hydrogen) atoms. The number of carbonyl (C=O) groups is 1. The van der Waals surface area contributed by atoms with E-state index in [0.29, 0.717) is 11.7 Å². The molecule has 1 aromatic carbocycles. The number of benzene rings is 1. The van der Waals surface area contributed by atoms with Gasteiger partial charge in [-0.25, -0.2) is 0 Å². The highest BCUT2D eigenvalue weighted by molar-refractivity contribution is 8.00. The molecule has 0 amide bonds. The van der Waals surface area contributed by atoms with Crippen LogP contribution in [0.15, 0.2) is 29.2 Å². The van der Waals surface area contributed by atoms with Crippen molar-refractivity contribution in [1.82, 2.24) is 0 Å². The zero-order chi connectivity index (χ0) is 10.6. The van der Waals surface area contributed by atoms with E-state index >= 15 is 0 Å². The Morgan fingerprint density at radius 1 is 1.36 bits per heavy atom. The number of hydrogen-bond donors (Lipinski definition) is 0. The average molecular weight is 229 g/mol. The van der Waals surface area contributed by atoms with Gasteiger partial charge in [-0.1, -0.05) is 26.0 Å². The van der Waals surface area contributed by atoms with Gasteiger partial charge >= 0.3 is 0 Å². The van der Waals surface area contributed by atoms with E-state index in [1.807, 2.05) is 12.1 Å². The maximum Gasteiger partial charge on any atom is 0.231 e. The van der Waals surface area contributed by atoms with Crippen molar-refractivity contribution < 1.29 is 4.79 Å². The van der Waals surface area contributed by atoms with E-state index in [0.717, 1.165) is 4.90 Å². The molecule has 0 fully saturated rings. The Hall–Kier alpha value is -0.470. The molecule has 0 spiro atoms. The first-order valence-corrected chi connectivity index (χ1v) is 5.87. The van der Waals surface area contributed by atoms with Gasteiger partial charge in [0.1, 0.15) is 0 Å². The Bertz CT molecular complexity index is 306. The van der Waals surface area contributed by atoms with Crippen LogP contribution in [-0.2, 0) is 4.79 Å². The summed E-state index contributed by atoms with van der Waals surface area (Å²) in [4.78, 5) is 11.6. The van der Waals surface area contributed by atoms with Crippen LogP contribution in [0, 0.1) is 0 Å². The fraction of sp³-hybridized carbons (Fsp3) is 0.364. The van der Waals surface area contributed by atoms with E-state index in [-0.39, 0.29) is 5.24 Å². The van der Waals surface area contributed by atoms with Crippen molar-refractivity contribution >= 4 is 28.6 Å². The fourth-order valence-corrected chi connectivity index (χ4v) is 1.86. The normalized spacial score (nSPS) is 10.6. The summed E-state index contributed by atoms with van der Waals surface area (Å²) in [6.07, 6.45) is 0. The van der Waals surface area contributed by atoms with E-state index in [4.69, 9.17) is 11.6 Å². The molecule has 0 heterocycles. The Morgan fingerprint density at radius 2 is 1.93 bits per heavy atom. The Balaban J connectivity index is 2.59. The van der Waals surface area contributed by atoms with Crippen molar-refractivity contribution in [2.24, 2.45) is 0 Å². The summed E-state index contributed by atoms with van der Waals surface area (Å²) >= 11 is 6.72. The maximum atomic E-state index is 10.5. The van der Waals surface area contributed by atoms with Gasteiger partial charge < -0.3 is 0 Å². The summed E-state index contributed by atoms with van der Waals surface area (Å²) in [6.45, 7) is 4.31. The molecule has 0 bridgehead atoms. The molecule has 0 unspecified atom stereocenters. The summed E-state index contributed by atoms with van der Waals surface area (Å²) in [5, 5.41) is -0.303. The van der Waals surface area contributed by atoms with Gasteiger partial charge in [-0.3, -0.25) is 4.79 Å². The van der Waals surface area contributed by atoms with Crippen molar-refractivity contribution in [1.29, 1.82) is 0 Å². The molecule has 1 nitrogen and oxygen atoms in total. The van der Waals surface area contributed by atoms with Gasteiger partial charge in [-0.05, 0) is 35.2 Å². The maximum absolute atomic E-state index is 10.5. The number of halogens is 1. The molecule has 0 aliphatic rings. The molecule has 3 heteroatoms. The van der Waals surface area contributed by atoms with Crippen molar-refractivity contribution in [3.8, 4) is 0 Å². The van der Waals surface area contributed by atoms with E-state index < -0.39 is 0 Å². The summed E-state index contributed by atoms with van der Waals surface area (Å²) < 4.78 is 0. The minimum atomic E-state index is -0.303. The zero-order valence-electron chi connectivity index (χ0n) is 8.29.